The van der Waals surface area contributed by atoms with E-state index in [-0.39, 0.29) is 24.6 Å². The van der Waals surface area contributed by atoms with Crippen LogP contribution in [0.1, 0.15) is 67.9 Å². The van der Waals surface area contributed by atoms with Gasteiger partial charge >= 0.3 is 0 Å². The fourth-order valence-corrected chi connectivity index (χ4v) is 8.15. The predicted molar refractivity (Wildman–Crippen MR) is 211 cm³/mol. The van der Waals surface area contributed by atoms with Crippen LogP contribution in [0.3, 0.4) is 0 Å². The standard InChI is InChI=1S/C45H48N4O6/c1-48-20-16-31-11-14-35-27-36(31)38(48)23-29-8-12-34(13-9-29)54-41-25-30(10-15-40(41)53-22-6-19-47-45(51)37-7-4-5-18-46-37)24-39-42-32(17-21-49(39)2)26-33(28-50)43(52-3)44(42)55-35/h4-5,7-15,18,25-27,38-39,50H,6,16-17,19-24,28H2,1-3H3,(H,47,51). The molecular formula is C45H48N4O6. The summed E-state index contributed by atoms with van der Waals surface area (Å²) in [6, 6.07) is 28.5. The van der Waals surface area contributed by atoms with Crippen LogP contribution in [0, 0.1) is 0 Å². The van der Waals surface area contributed by atoms with Gasteiger partial charge in [0.2, 0.25) is 0 Å². The SMILES string of the molecule is COc1c(CO)cc2c3c1Oc1ccc4c(c1)C(Cc1ccc(cc1)Oc1cc(ccc1OCCCNC(=O)c1ccccn1)CC3N(C)CC2)N(C)CC4. The maximum absolute atomic E-state index is 12.5. The summed E-state index contributed by atoms with van der Waals surface area (Å²) >= 11 is 0. The molecule has 4 aliphatic rings. The Balaban J connectivity index is 1.16. The Bertz CT molecular complexity index is 2160. The predicted octanol–water partition coefficient (Wildman–Crippen LogP) is 7.22. The number of benzene rings is 4. The molecule has 4 aliphatic heterocycles. The number of ether oxygens (including phenoxy) is 4. The molecule has 9 rings (SSSR count). The van der Waals surface area contributed by atoms with Gasteiger partial charge in [0.15, 0.2) is 23.0 Å². The molecule has 0 radical (unpaired) electrons. The molecule has 2 atom stereocenters. The van der Waals surface area contributed by atoms with Crippen LogP contribution in [0.2, 0.25) is 0 Å². The number of carbonyl (C=O) groups is 1. The van der Waals surface area contributed by atoms with E-state index in [0.717, 1.165) is 60.5 Å². The highest BCUT2D eigenvalue weighted by Crippen LogP contribution is 2.48. The van der Waals surface area contributed by atoms with E-state index in [1.54, 1.807) is 31.5 Å². The smallest absolute Gasteiger partial charge is 0.269 e. The van der Waals surface area contributed by atoms with Gasteiger partial charge in [-0.2, -0.15) is 0 Å². The molecule has 0 aliphatic carbocycles. The number of amides is 1. The first-order chi connectivity index (χ1) is 26.9. The molecule has 0 saturated carbocycles. The summed E-state index contributed by atoms with van der Waals surface area (Å²) in [5.74, 6) is 3.75. The highest BCUT2D eigenvalue weighted by molar-refractivity contribution is 5.92. The Labute approximate surface area is 322 Å². The van der Waals surface area contributed by atoms with Gasteiger partial charge in [0.05, 0.1) is 20.3 Å². The summed E-state index contributed by atoms with van der Waals surface area (Å²) in [4.78, 5) is 21.4. The van der Waals surface area contributed by atoms with Crippen LogP contribution in [-0.2, 0) is 32.3 Å². The van der Waals surface area contributed by atoms with Crippen molar-refractivity contribution in [2.45, 2.75) is 50.8 Å². The second-order valence-electron chi connectivity index (χ2n) is 14.7. The summed E-state index contributed by atoms with van der Waals surface area (Å²) in [7, 11) is 5.99. The Morgan fingerprint density at radius 3 is 2.42 bits per heavy atom. The third-order valence-electron chi connectivity index (χ3n) is 11.2. The van der Waals surface area contributed by atoms with Crippen molar-refractivity contribution in [3.05, 3.63) is 136 Å². The third-order valence-corrected chi connectivity index (χ3v) is 11.2. The van der Waals surface area contributed by atoms with Crippen molar-refractivity contribution >= 4 is 5.91 Å². The highest BCUT2D eigenvalue weighted by atomic mass is 16.5. The van der Waals surface area contributed by atoms with Crippen LogP contribution in [0.15, 0.2) is 91.1 Å². The van der Waals surface area contributed by atoms with Crippen molar-refractivity contribution in [1.29, 1.82) is 0 Å². The Morgan fingerprint density at radius 2 is 1.64 bits per heavy atom. The molecule has 10 heteroatoms. The molecule has 2 unspecified atom stereocenters. The van der Waals surface area contributed by atoms with Crippen molar-refractivity contribution in [2.24, 2.45) is 0 Å². The average Bonchev–Trinajstić information content (AvgIpc) is 3.21. The van der Waals surface area contributed by atoms with Gasteiger partial charge in [-0.25, -0.2) is 0 Å². The Kier molecular flexibility index (Phi) is 10.7. The number of nitrogens with zero attached hydrogens (tertiary/aromatic N) is 3. The maximum Gasteiger partial charge on any atom is 0.269 e. The molecule has 4 aromatic carbocycles. The molecular weight excluding hydrogens is 693 g/mol. The Hall–Kier alpha value is -5.42. The van der Waals surface area contributed by atoms with E-state index in [4.69, 9.17) is 18.9 Å². The molecule has 55 heavy (non-hydrogen) atoms. The molecule has 10 nitrogen and oxygen atoms in total. The number of fused-ring (bicyclic) bond motifs is 2. The number of likely N-dealkylation sites (N-methyl/N-ethyl adjacent to an activating group) is 2. The second-order valence-corrected chi connectivity index (χ2v) is 14.7. The monoisotopic (exact) mass is 740 g/mol. The van der Waals surface area contributed by atoms with Gasteiger partial charge in [-0.3, -0.25) is 19.6 Å². The van der Waals surface area contributed by atoms with E-state index >= 15 is 0 Å². The summed E-state index contributed by atoms with van der Waals surface area (Å²) in [5.41, 5.74) is 8.21. The molecule has 1 aromatic heterocycles. The van der Waals surface area contributed by atoms with Crippen molar-refractivity contribution in [3.8, 4) is 34.5 Å². The summed E-state index contributed by atoms with van der Waals surface area (Å²) < 4.78 is 25.9. The van der Waals surface area contributed by atoms with Crippen LogP contribution in [0.4, 0.5) is 0 Å². The van der Waals surface area contributed by atoms with Gasteiger partial charge in [-0.1, -0.05) is 30.3 Å². The lowest BCUT2D eigenvalue weighted by Gasteiger charge is -2.37. The molecule has 5 aromatic rings. The number of methoxy groups -OCH3 is 1. The second kappa shape index (κ2) is 16.1. The largest absolute Gasteiger partial charge is 0.492 e. The highest BCUT2D eigenvalue weighted by Gasteiger charge is 2.33. The van der Waals surface area contributed by atoms with E-state index in [2.05, 4.69) is 82.7 Å². The van der Waals surface area contributed by atoms with Gasteiger partial charge in [0.1, 0.15) is 17.2 Å². The number of rotatable bonds is 8. The van der Waals surface area contributed by atoms with Gasteiger partial charge < -0.3 is 29.4 Å². The van der Waals surface area contributed by atoms with E-state index in [0.29, 0.717) is 60.2 Å². The van der Waals surface area contributed by atoms with E-state index < -0.39 is 0 Å². The van der Waals surface area contributed by atoms with Crippen LogP contribution in [0.5, 0.6) is 34.5 Å². The van der Waals surface area contributed by atoms with Crippen LogP contribution in [0.25, 0.3) is 0 Å². The topological polar surface area (TPSA) is 106 Å². The quantitative estimate of drug-likeness (QED) is 0.160. The molecule has 0 spiro atoms. The number of aliphatic hydroxyl groups is 1. The summed E-state index contributed by atoms with van der Waals surface area (Å²) in [6.45, 7) is 2.52. The number of aliphatic hydroxyl groups excluding tert-OH is 1. The Morgan fingerprint density at radius 1 is 0.873 bits per heavy atom. The first-order valence-corrected chi connectivity index (χ1v) is 19.1. The molecule has 5 heterocycles. The lowest BCUT2D eigenvalue weighted by atomic mass is 9.86. The lowest BCUT2D eigenvalue weighted by Crippen LogP contribution is -2.34. The van der Waals surface area contributed by atoms with Crippen LogP contribution < -0.4 is 24.3 Å². The fraction of sp³-hybridized carbons (Fsp3) is 0.333. The van der Waals surface area contributed by atoms with E-state index in [1.165, 1.54) is 16.7 Å². The first kappa shape index (κ1) is 36.6. The minimum Gasteiger partial charge on any atom is -0.492 e. The molecule has 6 bridgehead atoms. The molecule has 284 valence electrons. The number of pyridine rings is 1. The minimum absolute atomic E-state index is 0.0441. The van der Waals surface area contributed by atoms with Crippen molar-refractivity contribution in [1.82, 2.24) is 20.1 Å². The first-order valence-electron chi connectivity index (χ1n) is 19.1. The average molecular weight is 741 g/mol. The normalized spacial score (nSPS) is 17.9. The van der Waals surface area contributed by atoms with Gasteiger partial charge in [-0.15, -0.1) is 0 Å². The zero-order chi connectivity index (χ0) is 37.9. The lowest BCUT2D eigenvalue weighted by molar-refractivity contribution is 0.0946. The van der Waals surface area contributed by atoms with Crippen molar-refractivity contribution in [2.75, 3.05) is 47.4 Å². The zero-order valence-corrected chi connectivity index (χ0v) is 31.7. The van der Waals surface area contributed by atoms with Crippen LogP contribution in [-0.4, -0.2) is 73.2 Å². The van der Waals surface area contributed by atoms with Gasteiger partial charge in [0, 0.05) is 49.0 Å². The minimum atomic E-state index is -0.208. The third kappa shape index (κ3) is 7.76. The molecule has 2 N–H and O–H groups in total. The zero-order valence-electron chi connectivity index (χ0n) is 31.7. The fourth-order valence-electron chi connectivity index (χ4n) is 8.15. The van der Waals surface area contributed by atoms with E-state index in [9.17, 15) is 9.90 Å². The number of carbonyl (C=O) groups excluding carboxylic acids is 1. The number of hydrogen-bond acceptors (Lipinski definition) is 9. The van der Waals surface area contributed by atoms with Crippen LogP contribution >= 0.6 is 0 Å². The number of aromatic nitrogens is 1. The molecule has 1 amide bonds. The van der Waals surface area contributed by atoms with Crippen molar-refractivity contribution < 1.29 is 28.8 Å². The molecule has 0 saturated heterocycles. The maximum atomic E-state index is 12.5. The van der Waals surface area contributed by atoms with E-state index in [1.807, 2.05) is 18.2 Å². The number of hydrogen-bond donors (Lipinski definition) is 2. The van der Waals surface area contributed by atoms with Crippen molar-refractivity contribution in [3.63, 3.8) is 0 Å². The van der Waals surface area contributed by atoms with Gasteiger partial charge in [0.25, 0.3) is 5.91 Å². The molecule has 0 fully saturated rings. The number of nitrogens with one attached hydrogen (secondary N) is 1. The summed E-state index contributed by atoms with van der Waals surface area (Å²) in [5, 5.41) is 13.4. The summed E-state index contributed by atoms with van der Waals surface area (Å²) in [6.07, 6.45) is 5.53. The van der Waals surface area contributed by atoms with Gasteiger partial charge in [-0.05, 0) is 129 Å².